The SMILES string of the molecule is C=C(C(=O)O)C1CCN(C(C)C)CC1. The number of aliphatic carboxylic acids is 1. The summed E-state index contributed by atoms with van der Waals surface area (Å²) in [6.45, 7) is 9.96. The van der Waals surface area contributed by atoms with Gasteiger partial charge in [0.25, 0.3) is 0 Å². The largest absolute Gasteiger partial charge is 0.478 e. The molecule has 1 N–H and O–H groups in total. The van der Waals surface area contributed by atoms with E-state index < -0.39 is 5.97 Å². The average Bonchev–Trinajstić information content (AvgIpc) is 2.16. The molecule has 3 heteroatoms. The summed E-state index contributed by atoms with van der Waals surface area (Å²) in [5.74, 6) is -0.657. The average molecular weight is 197 g/mol. The van der Waals surface area contributed by atoms with Crippen LogP contribution in [0.2, 0.25) is 0 Å². The molecule has 0 aromatic heterocycles. The number of carbonyl (C=O) groups is 1. The second kappa shape index (κ2) is 4.60. The molecule has 0 bridgehead atoms. The van der Waals surface area contributed by atoms with Gasteiger partial charge in [0, 0.05) is 11.6 Å². The molecule has 3 nitrogen and oxygen atoms in total. The maximum absolute atomic E-state index is 10.7. The minimum atomic E-state index is -0.840. The topological polar surface area (TPSA) is 40.5 Å². The van der Waals surface area contributed by atoms with E-state index in [1.165, 1.54) is 0 Å². The molecule has 0 aromatic rings. The molecular weight excluding hydrogens is 178 g/mol. The van der Waals surface area contributed by atoms with Crippen LogP contribution < -0.4 is 0 Å². The number of nitrogens with zero attached hydrogens (tertiary/aromatic N) is 1. The summed E-state index contributed by atoms with van der Waals surface area (Å²) in [5.41, 5.74) is 0.383. The van der Waals surface area contributed by atoms with Crippen LogP contribution in [0.1, 0.15) is 26.7 Å². The lowest BCUT2D eigenvalue weighted by atomic mass is 9.89. The molecule has 1 rings (SSSR count). The number of carboxylic acid groups (broad SMARTS) is 1. The molecule has 0 radical (unpaired) electrons. The Morgan fingerprint density at radius 3 is 2.29 bits per heavy atom. The zero-order valence-corrected chi connectivity index (χ0v) is 8.99. The number of carboxylic acids is 1. The first kappa shape index (κ1) is 11.2. The molecule has 1 saturated heterocycles. The standard InChI is InChI=1S/C11H19NO2/c1-8(2)12-6-4-10(5-7-12)9(3)11(13)14/h8,10H,3-7H2,1-2H3,(H,13,14). The van der Waals surface area contributed by atoms with Crippen molar-refractivity contribution < 1.29 is 9.90 Å². The van der Waals surface area contributed by atoms with Gasteiger partial charge in [0.05, 0.1) is 0 Å². The molecule has 0 spiro atoms. The van der Waals surface area contributed by atoms with Crippen LogP contribution in [-0.2, 0) is 4.79 Å². The quantitative estimate of drug-likeness (QED) is 0.701. The lowest BCUT2D eigenvalue weighted by Gasteiger charge is -2.34. The normalized spacial score (nSPS) is 19.9. The van der Waals surface area contributed by atoms with Crippen molar-refractivity contribution in [2.75, 3.05) is 13.1 Å². The van der Waals surface area contributed by atoms with Gasteiger partial charge in [-0.25, -0.2) is 4.79 Å². The number of likely N-dealkylation sites (tertiary alicyclic amines) is 1. The van der Waals surface area contributed by atoms with Gasteiger partial charge in [-0.1, -0.05) is 6.58 Å². The van der Waals surface area contributed by atoms with E-state index in [4.69, 9.17) is 5.11 Å². The van der Waals surface area contributed by atoms with Gasteiger partial charge in [-0.15, -0.1) is 0 Å². The minimum Gasteiger partial charge on any atom is -0.478 e. The molecular formula is C11H19NO2. The smallest absolute Gasteiger partial charge is 0.331 e. The maximum atomic E-state index is 10.7. The van der Waals surface area contributed by atoms with Crippen molar-refractivity contribution in [2.45, 2.75) is 32.7 Å². The molecule has 80 valence electrons. The summed E-state index contributed by atoms with van der Waals surface area (Å²) in [4.78, 5) is 13.1. The molecule has 0 saturated carbocycles. The van der Waals surface area contributed by atoms with Gasteiger partial charge in [-0.2, -0.15) is 0 Å². The Kier molecular flexibility index (Phi) is 3.69. The highest BCUT2D eigenvalue weighted by atomic mass is 16.4. The first-order chi connectivity index (χ1) is 6.52. The lowest BCUT2D eigenvalue weighted by Crippen LogP contribution is -2.39. The van der Waals surface area contributed by atoms with E-state index in [0.29, 0.717) is 11.6 Å². The van der Waals surface area contributed by atoms with E-state index >= 15 is 0 Å². The van der Waals surface area contributed by atoms with Crippen LogP contribution in [0.4, 0.5) is 0 Å². The van der Waals surface area contributed by atoms with Gasteiger partial charge in [-0.05, 0) is 45.7 Å². The molecule has 0 atom stereocenters. The molecule has 1 heterocycles. The van der Waals surface area contributed by atoms with Crippen molar-refractivity contribution in [1.82, 2.24) is 4.90 Å². The second-order valence-corrected chi connectivity index (χ2v) is 4.23. The predicted molar refractivity (Wildman–Crippen MR) is 56.2 cm³/mol. The zero-order chi connectivity index (χ0) is 10.7. The van der Waals surface area contributed by atoms with Crippen LogP contribution in [0, 0.1) is 5.92 Å². The number of hydrogen-bond donors (Lipinski definition) is 1. The second-order valence-electron chi connectivity index (χ2n) is 4.23. The molecule has 1 aliphatic heterocycles. The van der Waals surface area contributed by atoms with Crippen molar-refractivity contribution in [3.63, 3.8) is 0 Å². The number of piperidine rings is 1. The molecule has 1 aliphatic rings. The highest BCUT2D eigenvalue weighted by molar-refractivity contribution is 5.86. The summed E-state index contributed by atoms with van der Waals surface area (Å²) >= 11 is 0. The Morgan fingerprint density at radius 2 is 1.93 bits per heavy atom. The summed E-state index contributed by atoms with van der Waals surface area (Å²) in [5, 5.41) is 8.80. The van der Waals surface area contributed by atoms with Crippen molar-refractivity contribution in [1.29, 1.82) is 0 Å². The number of hydrogen-bond acceptors (Lipinski definition) is 2. The highest BCUT2D eigenvalue weighted by Gasteiger charge is 2.25. The van der Waals surface area contributed by atoms with E-state index in [0.717, 1.165) is 25.9 Å². The van der Waals surface area contributed by atoms with Crippen LogP contribution in [0.25, 0.3) is 0 Å². The maximum Gasteiger partial charge on any atom is 0.331 e. The Bertz CT molecular complexity index is 227. The third-order valence-electron chi connectivity index (χ3n) is 3.03. The van der Waals surface area contributed by atoms with Gasteiger partial charge in [0.15, 0.2) is 0 Å². The molecule has 14 heavy (non-hydrogen) atoms. The summed E-state index contributed by atoms with van der Waals surface area (Å²) in [6, 6.07) is 0.564. The summed E-state index contributed by atoms with van der Waals surface area (Å²) in [7, 11) is 0. The van der Waals surface area contributed by atoms with Gasteiger partial charge in [-0.3, -0.25) is 0 Å². The third-order valence-corrected chi connectivity index (χ3v) is 3.03. The van der Waals surface area contributed by atoms with Gasteiger partial charge < -0.3 is 10.0 Å². The van der Waals surface area contributed by atoms with Crippen LogP contribution in [0.3, 0.4) is 0 Å². The van der Waals surface area contributed by atoms with Crippen LogP contribution in [-0.4, -0.2) is 35.1 Å². The Hall–Kier alpha value is -0.830. The molecule has 0 amide bonds. The first-order valence-electron chi connectivity index (χ1n) is 5.18. The van der Waals surface area contributed by atoms with Crippen molar-refractivity contribution in [3.8, 4) is 0 Å². The zero-order valence-electron chi connectivity index (χ0n) is 8.99. The monoisotopic (exact) mass is 197 g/mol. The third kappa shape index (κ3) is 2.58. The van der Waals surface area contributed by atoms with E-state index in [1.807, 2.05) is 0 Å². The van der Waals surface area contributed by atoms with Gasteiger partial charge in [0.1, 0.15) is 0 Å². The Labute approximate surface area is 85.4 Å². The number of rotatable bonds is 3. The van der Waals surface area contributed by atoms with E-state index in [9.17, 15) is 4.79 Å². The highest BCUT2D eigenvalue weighted by Crippen LogP contribution is 2.24. The lowest BCUT2D eigenvalue weighted by molar-refractivity contribution is -0.133. The van der Waals surface area contributed by atoms with Crippen molar-refractivity contribution in [2.24, 2.45) is 5.92 Å². The van der Waals surface area contributed by atoms with Crippen molar-refractivity contribution >= 4 is 5.97 Å². The van der Waals surface area contributed by atoms with E-state index in [2.05, 4.69) is 25.3 Å². The van der Waals surface area contributed by atoms with Gasteiger partial charge >= 0.3 is 5.97 Å². The fraction of sp³-hybridized carbons (Fsp3) is 0.727. The molecule has 0 aliphatic carbocycles. The molecule has 1 fully saturated rings. The summed E-state index contributed by atoms with van der Waals surface area (Å²) in [6.07, 6.45) is 1.87. The van der Waals surface area contributed by atoms with Gasteiger partial charge in [0.2, 0.25) is 0 Å². The van der Waals surface area contributed by atoms with Crippen LogP contribution >= 0.6 is 0 Å². The van der Waals surface area contributed by atoms with E-state index in [1.54, 1.807) is 0 Å². The fourth-order valence-electron chi connectivity index (χ4n) is 1.94. The van der Waals surface area contributed by atoms with Crippen LogP contribution in [0.5, 0.6) is 0 Å². The minimum absolute atomic E-state index is 0.183. The molecule has 0 unspecified atom stereocenters. The summed E-state index contributed by atoms with van der Waals surface area (Å²) < 4.78 is 0. The Balaban J connectivity index is 2.43. The predicted octanol–water partition coefficient (Wildman–Crippen LogP) is 1.75. The van der Waals surface area contributed by atoms with Crippen LogP contribution in [0.15, 0.2) is 12.2 Å². The van der Waals surface area contributed by atoms with Crippen molar-refractivity contribution in [3.05, 3.63) is 12.2 Å². The fourth-order valence-corrected chi connectivity index (χ4v) is 1.94. The Morgan fingerprint density at radius 1 is 1.43 bits per heavy atom. The first-order valence-corrected chi connectivity index (χ1v) is 5.18. The molecule has 0 aromatic carbocycles. The van der Waals surface area contributed by atoms with E-state index in [-0.39, 0.29) is 5.92 Å².